The van der Waals surface area contributed by atoms with Crippen LogP contribution in [0.3, 0.4) is 0 Å². The maximum Gasteiger partial charge on any atom is 0.244 e. The second kappa shape index (κ2) is 7.29. The highest BCUT2D eigenvalue weighted by Gasteiger charge is 1.96. The molecule has 2 aromatic rings. The van der Waals surface area contributed by atoms with Crippen LogP contribution in [0.15, 0.2) is 60.7 Å². The molecule has 0 saturated heterocycles. The van der Waals surface area contributed by atoms with E-state index in [9.17, 15) is 4.79 Å². The Morgan fingerprint density at radius 2 is 1.75 bits per heavy atom. The average molecular weight is 265 g/mol. The van der Waals surface area contributed by atoms with Crippen LogP contribution in [0.25, 0.3) is 6.08 Å². The van der Waals surface area contributed by atoms with Gasteiger partial charge >= 0.3 is 0 Å². The van der Waals surface area contributed by atoms with Crippen molar-refractivity contribution < 1.29 is 4.79 Å². The van der Waals surface area contributed by atoms with Crippen molar-refractivity contribution in [3.63, 3.8) is 0 Å². The Morgan fingerprint density at radius 3 is 2.45 bits per heavy atom. The Morgan fingerprint density at radius 1 is 1.05 bits per heavy atom. The topological polar surface area (TPSA) is 29.1 Å². The molecule has 2 heteroatoms. The highest BCUT2D eigenvalue weighted by Crippen LogP contribution is 2.04. The number of benzene rings is 2. The Labute approximate surface area is 120 Å². The minimum Gasteiger partial charge on any atom is -0.352 e. The van der Waals surface area contributed by atoms with Crippen LogP contribution in [-0.2, 0) is 11.2 Å². The molecular formula is C18H19NO. The Bertz CT molecular complexity index is 570. The summed E-state index contributed by atoms with van der Waals surface area (Å²) >= 11 is 0. The fraction of sp³-hybridized carbons (Fsp3) is 0.167. The largest absolute Gasteiger partial charge is 0.352 e. The SMILES string of the molecule is Cc1ccc(/C=C/C(=O)NCCc2ccccc2)cc1. The summed E-state index contributed by atoms with van der Waals surface area (Å²) in [6.45, 7) is 2.70. The van der Waals surface area contributed by atoms with Crippen molar-refractivity contribution in [1.29, 1.82) is 0 Å². The summed E-state index contributed by atoms with van der Waals surface area (Å²) in [4.78, 5) is 11.7. The molecule has 0 aliphatic heterocycles. The zero-order valence-electron chi connectivity index (χ0n) is 11.7. The van der Waals surface area contributed by atoms with Gasteiger partial charge in [0.1, 0.15) is 0 Å². The number of hydrogen-bond donors (Lipinski definition) is 1. The smallest absolute Gasteiger partial charge is 0.244 e. The third-order valence-electron chi connectivity index (χ3n) is 3.06. The first-order valence-electron chi connectivity index (χ1n) is 6.80. The predicted molar refractivity (Wildman–Crippen MR) is 83.4 cm³/mol. The van der Waals surface area contributed by atoms with Gasteiger partial charge in [-0.05, 0) is 30.5 Å². The second-order valence-electron chi connectivity index (χ2n) is 4.77. The average Bonchev–Trinajstić information content (AvgIpc) is 2.48. The molecule has 2 aromatic carbocycles. The molecular weight excluding hydrogens is 246 g/mol. The Hall–Kier alpha value is -2.35. The van der Waals surface area contributed by atoms with Gasteiger partial charge in [-0.2, -0.15) is 0 Å². The molecule has 0 aliphatic carbocycles. The standard InChI is InChI=1S/C18H19NO/c1-15-7-9-17(10-8-15)11-12-18(20)19-14-13-16-5-3-2-4-6-16/h2-12H,13-14H2,1H3,(H,19,20)/b12-11+. The fourth-order valence-corrected chi connectivity index (χ4v) is 1.88. The lowest BCUT2D eigenvalue weighted by Crippen LogP contribution is -2.23. The molecule has 0 fully saturated rings. The molecule has 2 rings (SSSR count). The normalized spacial score (nSPS) is 10.7. The van der Waals surface area contributed by atoms with Crippen molar-refractivity contribution in [2.45, 2.75) is 13.3 Å². The second-order valence-corrected chi connectivity index (χ2v) is 4.77. The van der Waals surface area contributed by atoms with Crippen LogP contribution in [0.4, 0.5) is 0 Å². The molecule has 0 atom stereocenters. The molecule has 20 heavy (non-hydrogen) atoms. The van der Waals surface area contributed by atoms with Gasteiger partial charge in [-0.15, -0.1) is 0 Å². The van der Waals surface area contributed by atoms with Gasteiger partial charge < -0.3 is 5.32 Å². The van der Waals surface area contributed by atoms with Gasteiger partial charge in [0.2, 0.25) is 5.91 Å². The van der Waals surface area contributed by atoms with Gasteiger partial charge in [-0.1, -0.05) is 60.2 Å². The Kier molecular flexibility index (Phi) is 5.13. The van der Waals surface area contributed by atoms with Crippen molar-refractivity contribution in [2.75, 3.05) is 6.54 Å². The maximum absolute atomic E-state index is 11.7. The summed E-state index contributed by atoms with van der Waals surface area (Å²) in [6, 6.07) is 18.2. The number of hydrogen-bond acceptors (Lipinski definition) is 1. The zero-order chi connectivity index (χ0) is 14.2. The van der Waals surface area contributed by atoms with Gasteiger partial charge in [0.15, 0.2) is 0 Å². The summed E-state index contributed by atoms with van der Waals surface area (Å²) in [5.41, 5.74) is 3.48. The lowest BCUT2D eigenvalue weighted by Gasteiger charge is -2.02. The molecule has 102 valence electrons. The lowest BCUT2D eigenvalue weighted by atomic mass is 10.1. The van der Waals surface area contributed by atoms with Crippen molar-refractivity contribution in [2.24, 2.45) is 0 Å². The van der Waals surface area contributed by atoms with Crippen LogP contribution in [0.1, 0.15) is 16.7 Å². The van der Waals surface area contributed by atoms with Crippen LogP contribution in [0, 0.1) is 6.92 Å². The monoisotopic (exact) mass is 265 g/mol. The first kappa shape index (κ1) is 14.1. The summed E-state index contributed by atoms with van der Waals surface area (Å²) in [6.07, 6.45) is 4.26. The molecule has 0 aromatic heterocycles. The fourth-order valence-electron chi connectivity index (χ4n) is 1.88. The van der Waals surface area contributed by atoms with E-state index in [0.717, 1.165) is 12.0 Å². The van der Waals surface area contributed by atoms with Crippen molar-refractivity contribution in [3.05, 3.63) is 77.4 Å². The van der Waals surface area contributed by atoms with E-state index < -0.39 is 0 Å². The minimum atomic E-state index is -0.0542. The highest BCUT2D eigenvalue weighted by molar-refractivity contribution is 5.91. The summed E-state index contributed by atoms with van der Waals surface area (Å²) in [5.74, 6) is -0.0542. The van der Waals surface area contributed by atoms with E-state index >= 15 is 0 Å². The van der Waals surface area contributed by atoms with Crippen LogP contribution >= 0.6 is 0 Å². The van der Waals surface area contributed by atoms with Crippen molar-refractivity contribution in [1.82, 2.24) is 5.32 Å². The van der Waals surface area contributed by atoms with E-state index in [4.69, 9.17) is 0 Å². The summed E-state index contributed by atoms with van der Waals surface area (Å²) in [5, 5.41) is 2.89. The summed E-state index contributed by atoms with van der Waals surface area (Å²) in [7, 11) is 0. The first-order chi connectivity index (χ1) is 9.74. The number of aryl methyl sites for hydroxylation is 1. The number of amides is 1. The summed E-state index contributed by atoms with van der Waals surface area (Å²) < 4.78 is 0. The number of carbonyl (C=O) groups is 1. The van der Waals surface area contributed by atoms with Crippen LogP contribution in [0.2, 0.25) is 0 Å². The molecule has 0 bridgehead atoms. The Balaban J connectivity index is 1.76. The van der Waals surface area contributed by atoms with Gasteiger partial charge in [0, 0.05) is 12.6 Å². The zero-order valence-corrected chi connectivity index (χ0v) is 11.7. The third kappa shape index (κ3) is 4.73. The van der Waals surface area contributed by atoms with Gasteiger partial charge in [0.05, 0.1) is 0 Å². The van der Waals surface area contributed by atoms with Crippen LogP contribution in [-0.4, -0.2) is 12.5 Å². The molecule has 1 N–H and O–H groups in total. The highest BCUT2D eigenvalue weighted by atomic mass is 16.1. The maximum atomic E-state index is 11.7. The van der Waals surface area contributed by atoms with Crippen LogP contribution in [0.5, 0.6) is 0 Å². The van der Waals surface area contributed by atoms with Crippen molar-refractivity contribution >= 4 is 12.0 Å². The van der Waals surface area contributed by atoms with E-state index in [1.807, 2.05) is 55.5 Å². The molecule has 0 unspecified atom stereocenters. The third-order valence-corrected chi connectivity index (χ3v) is 3.06. The molecule has 0 heterocycles. The quantitative estimate of drug-likeness (QED) is 0.825. The number of carbonyl (C=O) groups excluding carboxylic acids is 1. The van der Waals surface area contributed by atoms with Gasteiger partial charge in [0.25, 0.3) is 0 Å². The van der Waals surface area contributed by atoms with E-state index in [2.05, 4.69) is 17.4 Å². The van der Waals surface area contributed by atoms with E-state index in [1.165, 1.54) is 11.1 Å². The molecule has 0 saturated carbocycles. The first-order valence-corrected chi connectivity index (χ1v) is 6.80. The number of nitrogens with one attached hydrogen (secondary N) is 1. The van der Waals surface area contributed by atoms with Gasteiger partial charge in [-0.25, -0.2) is 0 Å². The molecule has 1 amide bonds. The van der Waals surface area contributed by atoms with E-state index in [0.29, 0.717) is 6.54 Å². The predicted octanol–water partition coefficient (Wildman–Crippen LogP) is 3.37. The molecule has 0 aliphatic rings. The van der Waals surface area contributed by atoms with Crippen LogP contribution < -0.4 is 5.32 Å². The van der Waals surface area contributed by atoms with E-state index in [1.54, 1.807) is 6.08 Å². The van der Waals surface area contributed by atoms with Crippen molar-refractivity contribution in [3.8, 4) is 0 Å². The van der Waals surface area contributed by atoms with E-state index in [-0.39, 0.29) is 5.91 Å². The van der Waals surface area contributed by atoms with Gasteiger partial charge in [-0.3, -0.25) is 4.79 Å². The lowest BCUT2D eigenvalue weighted by molar-refractivity contribution is -0.116. The minimum absolute atomic E-state index is 0.0542. The molecule has 0 spiro atoms. The number of rotatable bonds is 5. The molecule has 0 radical (unpaired) electrons. The molecule has 2 nitrogen and oxygen atoms in total.